The van der Waals surface area contributed by atoms with Crippen LogP contribution in [0.25, 0.3) is 0 Å². The molecule has 1 unspecified atom stereocenters. The lowest BCUT2D eigenvalue weighted by Gasteiger charge is -2.24. The Morgan fingerprint density at radius 3 is 2.63 bits per heavy atom. The molecule has 0 aromatic carbocycles. The highest BCUT2D eigenvalue weighted by atomic mass is 32.1. The van der Waals surface area contributed by atoms with Gasteiger partial charge in [-0.1, -0.05) is 13.8 Å². The Bertz CT molecular complexity index is 472. The van der Waals surface area contributed by atoms with Crippen LogP contribution in [-0.4, -0.2) is 41.2 Å². The number of nitrogens with one attached hydrogen (secondary N) is 1. The van der Waals surface area contributed by atoms with E-state index in [1.807, 2.05) is 13.8 Å². The zero-order valence-electron chi connectivity index (χ0n) is 11.4. The second kappa shape index (κ2) is 6.12. The van der Waals surface area contributed by atoms with Crippen LogP contribution in [0.3, 0.4) is 0 Å². The standard InChI is InChI=1S/C12H18N2O4S/c1-7(2)10-13-5-8(19-10)9(15)14-12(3,6-18-4)11(16)17/h5,7H,6H2,1-4H3,(H,14,15)(H,16,17). The number of hydrogen-bond acceptors (Lipinski definition) is 5. The molecule has 0 saturated heterocycles. The van der Waals surface area contributed by atoms with Crippen molar-refractivity contribution in [2.45, 2.75) is 32.2 Å². The van der Waals surface area contributed by atoms with Crippen molar-refractivity contribution in [2.75, 3.05) is 13.7 Å². The molecule has 1 heterocycles. The molecule has 1 amide bonds. The van der Waals surface area contributed by atoms with Crippen LogP contribution < -0.4 is 5.32 Å². The SMILES string of the molecule is COCC(C)(NC(=O)c1cnc(C(C)C)s1)C(=O)O. The van der Waals surface area contributed by atoms with Crippen molar-refractivity contribution in [3.05, 3.63) is 16.1 Å². The molecule has 6 nitrogen and oxygen atoms in total. The van der Waals surface area contributed by atoms with Crippen LogP contribution in [0.4, 0.5) is 0 Å². The number of amides is 1. The molecule has 1 aromatic rings. The number of carboxylic acids is 1. The second-order valence-electron chi connectivity index (χ2n) is 4.74. The summed E-state index contributed by atoms with van der Waals surface area (Å²) in [5.74, 6) is -1.36. The van der Waals surface area contributed by atoms with Crippen molar-refractivity contribution in [1.29, 1.82) is 0 Å². The summed E-state index contributed by atoms with van der Waals surface area (Å²) in [6.07, 6.45) is 1.46. The van der Waals surface area contributed by atoms with Crippen LogP contribution in [-0.2, 0) is 9.53 Å². The van der Waals surface area contributed by atoms with Crippen molar-refractivity contribution in [2.24, 2.45) is 0 Å². The number of aromatic nitrogens is 1. The molecule has 0 fully saturated rings. The number of nitrogens with zero attached hydrogens (tertiary/aromatic N) is 1. The van der Waals surface area contributed by atoms with E-state index in [-0.39, 0.29) is 12.5 Å². The summed E-state index contributed by atoms with van der Waals surface area (Å²) < 4.78 is 4.84. The summed E-state index contributed by atoms with van der Waals surface area (Å²) in [6.45, 7) is 5.25. The molecule has 1 rings (SSSR count). The number of methoxy groups -OCH3 is 1. The van der Waals surface area contributed by atoms with E-state index in [0.29, 0.717) is 4.88 Å². The molecule has 0 aliphatic heterocycles. The molecule has 0 bridgehead atoms. The fourth-order valence-corrected chi connectivity index (χ4v) is 2.23. The number of hydrogen-bond donors (Lipinski definition) is 2. The number of carbonyl (C=O) groups is 2. The number of ether oxygens (including phenoxy) is 1. The summed E-state index contributed by atoms with van der Waals surface area (Å²) in [4.78, 5) is 27.7. The average Bonchev–Trinajstić information content (AvgIpc) is 2.78. The highest BCUT2D eigenvalue weighted by Gasteiger charge is 2.35. The molecule has 7 heteroatoms. The van der Waals surface area contributed by atoms with Gasteiger partial charge in [0, 0.05) is 13.0 Å². The topological polar surface area (TPSA) is 88.5 Å². The number of carbonyl (C=O) groups excluding carboxylic acids is 1. The van der Waals surface area contributed by atoms with Gasteiger partial charge in [0.1, 0.15) is 4.88 Å². The molecule has 0 aliphatic carbocycles. The largest absolute Gasteiger partial charge is 0.479 e. The van der Waals surface area contributed by atoms with Crippen molar-refractivity contribution < 1.29 is 19.4 Å². The van der Waals surface area contributed by atoms with Crippen molar-refractivity contribution >= 4 is 23.2 Å². The summed E-state index contributed by atoms with van der Waals surface area (Å²) >= 11 is 1.26. The number of carboxylic acid groups (broad SMARTS) is 1. The van der Waals surface area contributed by atoms with Crippen LogP contribution in [0.15, 0.2) is 6.20 Å². The quantitative estimate of drug-likeness (QED) is 0.827. The lowest BCUT2D eigenvalue weighted by atomic mass is 10.0. The van der Waals surface area contributed by atoms with E-state index in [1.54, 1.807) is 0 Å². The zero-order chi connectivity index (χ0) is 14.6. The highest BCUT2D eigenvalue weighted by molar-refractivity contribution is 7.13. The smallest absolute Gasteiger partial charge is 0.331 e. The number of rotatable bonds is 6. The molecular weight excluding hydrogens is 268 g/mol. The monoisotopic (exact) mass is 286 g/mol. The first-order chi connectivity index (χ1) is 8.80. The first kappa shape index (κ1) is 15.6. The molecule has 2 N–H and O–H groups in total. The van der Waals surface area contributed by atoms with Gasteiger partial charge >= 0.3 is 5.97 Å². The average molecular weight is 286 g/mol. The Labute approximate surface area is 115 Å². The molecule has 0 saturated carbocycles. The molecule has 106 valence electrons. The van der Waals surface area contributed by atoms with Crippen molar-refractivity contribution in [1.82, 2.24) is 10.3 Å². The van der Waals surface area contributed by atoms with Gasteiger partial charge < -0.3 is 15.2 Å². The van der Waals surface area contributed by atoms with E-state index in [9.17, 15) is 9.59 Å². The normalized spacial score (nSPS) is 14.2. The third-order valence-electron chi connectivity index (χ3n) is 2.54. The minimum absolute atomic E-state index is 0.107. The minimum Gasteiger partial charge on any atom is -0.479 e. The van der Waals surface area contributed by atoms with Crippen LogP contribution in [0.2, 0.25) is 0 Å². The molecule has 0 aliphatic rings. The van der Waals surface area contributed by atoms with Gasteiger partial charge in [0.15, 0.2) is 5.54 Å². The molecule has 19 heavy (non-hydrogen) atoms. The Balaban J connectivity index is 2.85. The maximum atomic E-state index is 12.0. The van der Waals surface area contributed by atoms with Gasteiger partial charge in [0.25, 0.3) is 5.91 Å². The second-order valence-corrected chi connectivity index (χ2v) is 5.80. The van der Waals surface area contributed by atoms with E-state index in [0.717, 1.165) is 5.01 Å². The molecule has 1 aromatic heterocycles. The molecule has 0 radical (unpaired) electrons. The fourth-order valence-electron chi connectivity index (χ4n) is 1.41. The van der Waals surface area contributed by atoms with Gasteiger partial charge in [-0.05, 0) is 6.92 Å². The molecule has 1 atom stereocenters. The molecular formula is C12H18N2O4S. The van der Waals surface area contributed by atoms with Crippen LogP contribution >= 0.6 is 11.3 Å². The van der Waals surface area contributed by atoms with E-state index in [2.05, 4.69) is 10.3 Å². The Morgan fingerprint density at radius 1 is 1.58 bits per heavy atom. The van der Waals surface area contributed by atoms with Crippen LogP contribution in [0.5, 0.6) is 0 Å². The number of aliphatic carboxylic acids is 1. The lowest BCUT2D eigenvalue weighted by Crippen LogP contribution is -2.55. The van der Waals surface area contributed by atoms with Gasteiger partial charge in [-0.25, -0.2) is 9.78 Å². The highest BCUT2D eigenvalue weighted by Crippen LogP contribution is 2.21. The van der Waals surface area contributed by atoms with Gasteiger partial charge in [0.2, 0.25) is 0 Å². The predicted molar refractivity (Wildman–Crippen MR) is 71.6 cm³/mol. The fraction of sp³-hybridized carbons (Fsp3) is 0.583. The van der Waals surface area contributed by atoms with Crippen LogP contribution in [0, 0.1) is 0 Å². The Morgan fingerprint density at radius 2 is 2.21 bits per heavy atom. The van der Waals surface area contributed by atoms with E-state index < -0.39 is 17.4 Å². The van der Waals surface area contributed by atoms with Gasteiger partial charge in [-0.15, -0.1) is 11.3 Å². The lowest BCUT2D eigenvalue weighted by molar-refractivity contribution is -0.145. The zero-order valence-corrected chi connectivity index (χ0v) is 12.2. The first-order valence-electron chi connectivity index (χ1n) is 5.80. The summed E-state index contributed by atoms with van der Waals surface area (Å²) in [5.41, 5.74) is -1.45. The van der Waals surface area contributed by atoms with E-state index in [1.165, 1.54) is 31.6 Å². The third kappa shape index (κ3) is 3.74. The van der Waals surface area contributed by atoms with Gasteiger partial charge in [-0.2, -0.15) is 0 Å². The van der Waals surface area contributed by atoms with Gasteiger partial charge in [0.05, 0.1) is 17.8 Å². The Kier molecular flexibility index (Phi) is 5.02. The predicted octanol–water partition coefficient (Wildman–Crippen LogP) is 1.49. The van der Waals surface area contributed by atoms with E-state index >= 15 is 0 Å². The maximum Gasteiger partial charge on any atom is 0.331 e. The van der Waals surface area contributed by atoms with Crippen molar-refractivity contribution in [3.8, 4) is 0 Å². The molecule has 0 spiro atoms. The summed E-state index contributed by atoms with van der Waals surface area (Å²) in [7, 11) is 1.39. The Hall–Kier alpha value is -1.47. The number of thiazole rings is 1. The maximum absolute atomic E-state index is 12.0. The summed E-state index contributed by atoms with van der Waals surface area (Å²) in [5, 5.41) is 12.5. The van der Waals surface area contributed by atoms with Crippen LogP contribution in [0.1, 0.15) is 41.4 Å². The van der Waals surface area contributed by atoms with E-state index in [4.69, 9.17) is 9.84 Å². The third-order valence-corrected chi connectivity index (χ3v) is 3.83. The van der Waals surface area contributed by atoms with Gasteiger partial charge in [-0.3, -0.25) is 4.79 Å². The summed E-state index contributed by atoms with van der Waals surface area (Å²) in [6, 6.07) is 0. The van der Waals surface area contributed by atoms with Crippen molar-refractivity contribution in [3.63, 3.8) is 0 Å². The minimum atomic E-state index is -1.45. The first-order valence-corrected chi connectivity index (χ1v) is 6.62.